The number of carbonyl (C=O) groups is 1. The third-order valence-electron chi connectivity index (χ3n) is 12.3. The van der Waals surface area contributed by atoms with Crippen LogP contribution < -0.4 is 5.32 Å². The molecule has 4 heteroatoms. The molecule has 0 radical (unpaired) electrons. The molecule has 0 spiro atoms. The van der Waals surface area contributed by atoms with Crippen LogP contribution in [0.25, 0.3) is 0 Å². The van der Waals surface area contributed by atoms with Crippen molar-refractivity contribution in [2.45, 2.75) is 289 Å². The van der Waals surface area contributed by atoms with Gasteiger partial charge < -0.3 is 15.5 Å². The van der Waals surface area contributed by atoms with Gasteiger partial charge in [-0.2, -0.15) is 0 Å². The molecule has 0 aromatic rings. The van der Waals surface area contributed by atoms with E-state index in [1.165, 1.54) is 193 Å². The molecule has 0 heterocycles. The Kier molecular flexibility index (Phi) is 50.8. The van der Waals surface area contributed by atoms with E-state index in [0.29, 0.717) is 12.8 Å². The number of nitrogens with one attached hydrogen (secondary N) is 1. The number of hydrogen-bond acceptors (Lipinski definition) is 3. The van der Waals surface area contributed by atoms with Gasteiger partial charge in [0.05, 0.1) is 18.8 Å². The molecule has 1 amide bonds. The van der Waals surface area contributed by atoms with Crippen LogP contribution in [0.3, 0.4) is 0 Å². The van der Waals surface area contributed by atoms with Crippen LogP contribution in [0.4, 0.5) is 0 Å². The van der Waals surface area contributed by atoms with E-state index in [4.69, 9.17) is 0 Å². The Balaban J connectivity index is 3.47. The fraction of sp³-hybridized carbons (Fsp3) is 0.807. The molecule has 0 rings (SSSR count). The van der Waals surface area contributed by atoms with Gasteiger partial charge in [0.1, 0.15) is 0 Å². The maximum atomic E-state index is 12.5. The second-order valence-electron chi connectivity index (χ2n) is 18.3. The van der Waals surface area contributed by atoms with E-state index >= 15 is 0 Å². The molecule has 0 aromatic heterocycles. The summed E-state index contributed by atoms with van der Waals surface area (Å²) in [6, 6.07) is -0.538. The lowest BCUT2D eigenvalue weighted by atomic mass is 10.0. The van der Waals surface area contributed by atoms with Crippen molar-refractivity contribution in [3.05, 3.63) is 60.8 Å². The summed E-state index contributed by atoms with van der Waals surface area (Å²) in [7, 11) is 0. The average molecular weight is 852 g/mol. The summed E-state index contributed by atoms with van der Waals surface area (Å²) < 4.78 is 0. The molecule has 2 atom stereocenters. The standard InChI is InChI=1S/C57H105NO3/c1-3-5-7-9-11-13-15-17-19-21-23-24-25-26-27-28-29-30-31-32-33-34-35-37-39-41-43-45-47-49-51-53-57(61)58-55(54-59)56(60)52-50-48-46-44-42-40-38-36-22-20-18-16-14-12-10-8-6-4-2/h5,7,11,13,17,19,23-24,26-27,55-56,59-60H,3-4,6,8-10,12,14-16,18,20-22,25,28-54H2,1-2H3,(H,58,61)/b7-5-,13-11-,19-17-,24-23-,27-26-. The van der Waals surface area contributed by atoms with Crippen LogP contribution in [0.1, 0.15) is 277 Å². The zero-order valence-electron chi connectivity index (χ0n) is 40.9. The van der Waals surface area contributed by atoms with E-state index in [0.717, 1.165) is 57.8 Å². The van der Waals surface area contributed by atoms with Crippen LogP contribution in [-0.2, 0) is 4.79 Å². The summed E-state index contributed by atoms with van der Waals surface area (Å²) in [5.74, 6) is -0.0303. The first kappa shape index (κ1) is 59.1. The minimum absolute atomic E-state index is 0.0303. The molecule has 61 heavy (non-hydrogen) atoms. The largest absolute Gasteiger partial charge is 0.394 e. The Morgan fingerprint density at radius 1 is 0.410 bits per heavy atom. The molecule has 3 N–H and O–H groups in total. The lowest BCUT2D eigenvalue weighted by molar-refractivity contribution is -0.123. The third-order valence-corrected chi connectivity index (χ3v) is 12.3. The van der Waals surface area contributed by atoms with Crippen LogP contribution in [0.2, 0.25) is 0 Å². The summed E-state index contributed by atoms with van der Waals surface area (Å²) in [5, 5.41) is 23.3. The monoisotopic (exact) mass is 852 g/mol. The van der Waals surface area contributed by atoms with Gasteiger partial charge in [-0.15, -0.1) is 0 Å². The number of rotatable bonds is 49. The lowest BCUT2D eigenvalue weighted by Crippen LogP contribution is -2.45. The van der Waals surface area contributed by atoms with E-state index in [2.05, 4.69) is 79.9 Å². The van der Waals surface area contributed by atoms with E-state index in [1.807, 2.05) is 0 Å². The molecule has 2 unspecified atom stereocenters. The summed E-state index contributed by atoms with van der Waals surface area (Å²) >= 11 is 0. The van der Waals surface area contributed by atoms with Gasteiger partial charge in [-0.1, -0.05) is 274 Å². The van der Waals surface area contributed by atoms with Crippen molar-refractivity contribution in [3.63, 3.8) is 0 Å². The Labute approximate surface area is 381 Å². The average Bonchev–Trinajstić information content (AvgIpc) is 3.26. The highest BCUT2D eigenvalue weighted by Gasteiger charge is 2.20. The fourth-order valence-corrected chi connectivity index (χ4v) is 8.21. The van der Waals surface area contributed by atoms with Gasteiger partial charge in [0.15, 0.2) is 0 Å². The van der Waals surface area contributed by atoms with E-state index in [-0.39, 0.29) is 12.5 Å². The first-order chi connectivity index (χ1) is 30.2. The number of carbonyl (C=O) groups excluding carboxylic acids is 1. The molecule has 4 nitrogen and oxygen atoms in total. The summed E-state index contributed by atoms with van der Waals surface area (Å²) in [6.07, 6.45) is 73.4. The van der Waals surface area contributed by atoms with Crippen molar-refractivity contribution < 1.29 is 15.0 Å². The van der Waals surface area contributed by atoms with Crippen molar-refractivity contribution >= 4 is 5.91 Å². The minimum atomic E-state index is -0.661. The summed E-state index contributed by atoms with van der Waals surface area (Å²) in [6.45, 7) is 4.26. The maximum absolute atomic E-state index is 12.5. The van der Waals surface area contributed by atoms with Crippen LogP contribution in [0, 0.1) is 0 Å². The number of hydrogen-bond donors (Lipinski definition) is 3. The molecule has 0 saturated heterocycles. The highest BCUT2D eigenvalue weighted by molar-refractivity contribution is 5.76. The first-order valence-electron chi connectivity index (χ1n) is 27.0. The molecular formula is C57H105NO3. The third kappa shape index (κ3) is 49.0. The van der Waals surface area contributed by atoms with Crippen LogP contribution in [0.15, 0.2) is 60.8 Å². The molecule has 0 aliphatic heterocycles. The molecule has 356 valence electrons. The van der Waals surface area contributed by atoms with Crippen molar-refractivity contribution in [3.8, 4) is 0 Å². The predicted octanol–water partition coefficient (Wildman–Crippen LogP) is 17.6. The number of amides is 1. The topological polar surface area (TPSA) is 69.6 Å². The smallest absolute Gasteiger partial charge is 0.220 e. The highest BCUT2D eigenvalue weighted by Crippen LogP contribution is 2.17. The van der Waals surface area contributed by atoms with E-state index in [1.54, 1.807) is 0 Å². The molecule has 0 aromatic carbocycles. The van der Waals surface area contributed by atoms with Crippen LogP contribution in [0.5, 0.6) is 0 Å². The number of allylic oxidation sites excluding steroid dienone is 10. The number of aliphatic hydroxyl groups excluding tert-OH is 2. The van der Waals surface area contributed by atoms with Gasteiger partial charge in [-0.3, -0.25) is 4.79 Å². The predicted molar refractivity (Wildman–Crippen MR) is 271 cm³/mol. The summed E-state index contributed by atoms with van der Waals surface area (Å²) in [5.41, 5.74) is 0. The lowest BCUT2D eigenvalue weighted by Gasteiger charge is -2.22. The first-order valence-corrected chi connectivity index (χ1v) is 27.0. The van der Waals surface area contributed by atoms with Crippen molar-refractivity contribution in [2.24, 2.45) is 0 Å². The Bertz CT molecular complexity index is 1010. The van der Waals surface area contributed by atoms with Gasteiger partial charge in [0.25, 0.3) is 0 Å². The quantitative estimate of drug-likeness (QED) is 0.0422. The zero-order chi connectivity index (χ0) is 44.2. The molecule has 0 saturated carbocycles. The molecular weight excluding hydrogens is 747 g/mol. The van der Waals surface area contributed by atoms with Gasteiger partial charge >= 0.3 is 0 Å². The van der Waals surface area contributed by atoms with Crippen molar-refractivity contribution in [1.82, 2.24) is 5.32 Å². The minimum Gasteiger partial charge on any atom is -0.394 e. The van der Waals surface area contributed by atoms with Gasteiger partial charge in [-0.05, 0) is 57.8 Å². The fourth-order valence-electron chi connectivity index (χ4n) is 8.21. The SMILES string of the molecule is CC/C=C\C/C=C\C/C=C\C/C=C\C/C=C\CCCCCCCCCCCCCCCCCC(=O)NC(CO)C(O)CCCCCCCCCCCCCCCCCCCC. The van der Waals surface area contributed by atoms with Gasteiger partial charge in [0.2, 0.25) is 5.91 Å². The summed E-state index contributed by atoms with van der Waals surface area (Å²) in [4.78, 5) is 12.5. The normalized spacial score (nSPS) is 13.3. The maximum Gasteiger partial charge on any atom is 0.220 e. The molecule has 0 fully saturated rings. The molecule has 0 aliphatic carbocycles. The zero-order valence-corrected chi connectivity index (χ0v) is 40.9. The molecule has 0 aliphatic rings. The van der Waals surface area contributed by atoms with Crippen molar-refractivity contribution in [1.29, 1.82) is 0 Å². The van der Waals surface area contributed by atoms with Crippen molar-refractivity contribution in [2.75, 3.05) is 6.61 Å². The Morgan fingerprint density at radius 2 is 0.721 bits per heavy atom. The number of unbranched alkanes of at least 4 members (excludes halogenated alkanes) is 32. The van der Waals surface area contributed by atoms with E-state index in [9.17, 15) is 15.0 Å². The van der Waals surface area contributed by atoms with E-state index < -0.39 is 12.1 Å². The second kappa shape index (κ2) is 52.4. The van der Waals surface area contributed by atoms with Crippen LogP contribution in [-0.4, -0.2) is 34.9 Å². The van der Waals surface area contributed by atoms with Gasteiger partial charge in [0, 0.05) is 6.42 Å². The van der Waals surface area contributed by atoms with Crippen LogP contribution >= 0.6 is 0 Å². The molecule has 0 bridgehead atoms. The highest BCUT2D eigenvalue weighted by atomic mass is 16.3. The Hall–Kier alpha value is -1.91. The van der Waals surface area contributed by atoms with Gasteiger partial charge in [-0.25, -0.2) is 0 Å². The Morgan fingerprint density at radius 3 is 1.08 bits per heavy atom. The second-order valence-corrected chi connectivity index (χ2v) is 18.3. The number of aliphatic hydroxyl groups is 2.